The maximum atomic E-state index is 12.2. The number of piperidine rings is 1. The molecule has 78 valence electrons. The molecule has 0 saturated carbocycles. The van der Waals surface area contributed by atoms with E-state index in [2.05, 4.69) is 10.3 Å². The first-order chi connectivity index (χ1) is 7.32. The number of hydrogen-bond acceptors (Lipinski definition) is 4. The zero-order chi connectivity index (χ0) is 10.3. The molecular weight excluding hydrogens is 192 g/mol. The Labute approximate surface area is 87.7 Å². The van der Waals surface area contributed by atoms with Crippen LogP contribution in [-0.4, -0.2) is 29.5 Å². The first-order valence-electron chi connectivity index (χ1n) is 5.21. The van der Waals surface area contributed by atoms with Crippen LogP contribution in [0.2, 0.25) is 0 Å². The molecular formula is C11H12N2O2. The molecule has 4 nitrogen and oxygen atoms in total. The SMILES string of the molecule is O=C1c2cccnc2OC12CCNCC2. The van der Waals surface area contributed by atoms with Gasteiger partial charge in [-0.3, -0.25) is 4.79 Å². The van der Waals surface area contributed by atoms with Crippen LogP contribution < -0.4 is 10.1 Å². The van der Waals surface area contributed by atoms with Crippen LogP contribution in [0.25, 0.3) is 0 Å². The topological polar surface area (TPSA) is 51.2 Å². The van der Waals surface area contributed by atoms with Gasteiger partial charge in [0.1, 0.15) is 0 Å². The Morgan fingerprint density at radius 1 is 1.40 bits per heavy atom. The van der Waals surface area contributed by atoms with E-state index < -0.39 is 5.60 Å². The van der Waals surface area contributed by atoms with Crippen LogP contribution in [0.3, 0.4) is 0 Å². The number of fused-ring (bicyclic) bond motifs is 1. The normalized spacial score (nSPS) is 22.5. The van der Waals surface area contributed by atoms with E-state index in [1.807, 2.05) is 0 Å². The summed E-state index contributed by atoms with van der Waals surface area (Å²) in [5, 5.41) is 3.23. The second-order valence-electron chi connectivity index (χ2n) is 4.03. The number of nitrogens with zero attached hydrogens (tertiary/aromatic N) is 1. The van der Waals surface area contributed by atoms with Crippen LogP contribution >= 0.6 is 0 Å². The van der Waals surface area contributed by atoms with E-state index in [1.54, 1.807) is 18.3 Å². The van der Waals surface area contributed by atoms with E-state index in [0.717, 1.165) is 25.9 Å². The van der Waals surface area contributed by atoms with Crippen molar-refractivity contribution < 1.29 is 9.53 Å². The number of nitrogens with one attached hydrogen (secondary N) is 1. The number of hydrogen-bond donors (Lipinski definition) is 1. The summed E-state index contributed by atoms with van der Waals surface area (Å²) in [4.78, 5) is 16.3. The van der Waals surface area contributed by atoms with Crippen molar-refractivity contribution in [2.75, 3.05) is 13.1 Å². The summed E-state index contributed by atoms with van der Waals surface area (Å²) >= 11 is 0. The van der Waals surface area contributed by atoms with Gasteiger partial charge in [-0.1, -0.05) is 0 Å². The van der Waals surface area contributed by atoms with Gasteiger partial charge in [0, 0.05) is 19.0 Å². The maximum absolute atomic E-state index is 12.2. The van der Waals surface area contributed by atoms with Gasteiger partial charge in [-0.05, 0) is 25.2 Å². The summed E-state index contributed by atoms with van der Waals surface area (Å²) in [5.41, 5.74) is 0.0153. The standard InChI is InChI=1S/C11H12N2O2/c14-9-8-2-1-5-13-10(8)15-11(9)3-6-12-7-4-11/h1-2,5,12H,3-4,6-7H2. The molecule has 1 N–H and O–H groups in total. The van der Waals surface area contributed by atoms with Crippen LogP contribution in [0.4, 0.5) is 0 Å². The highest BCUT2D eigenvalue weighted by Crippen LogP contribution is 2.37. The number of aromatic nitrogens is 1. The number of Topliss-reactive ketones (excluding diaryl/α,β-unsaturated/α-hetero) is 1. The highest BCUT2D eigenvalue weighted by atomic mass is 16.5. The summed E-state index contributed by atoms with van der Waals surface area (Å²) in [5.74, 6) is 0.608. The average molecular weight is 204 g/mol. The third kappa shape index (κ3) is 1.18. The molecule has 0 aromatic carbocycles. The Morgan fingerprint density at radius 2 is 2.20 bits per heavy atom. The lowest BCUT2D eigenvalue weighted by Gasteiger charge is -2.30. The highest BCUT2D eigenvalue weighted by Gasteiger charge is 2.48. The molecule has 0 radical (unpaired) electrons. The Hall–Kier alpha value is -1.42. The van der Waals surface area contributed by atoms with Gasteiger partial charge in [0.25, 0.3) is 0 Å². The van der Waals surface area contributed by atoms with Crippen molar-refractivity contribution in [2.45, 2.75) is 18.4 Å². The average Bonchev–Trinajstić information content (AvgIpc) is 2.54. The predicted octanol–water partition coefficient (Wildman–Crippen LogP) is 0.779. The highest BCUT2D eigenvalue weighted by molar-refractivity contribution is 6.07. The summed E-state index contributed by atoms with van der Waals surface area (Å²) in [6, 6.07) is 3.57. The Balaban J connectivity index is 2.01. The molecule has 3 rings (SSSR count). The first kappa shape index (κ1) is 8.85. The van der Waals surface area contributed by atoms with Crippen LogP contribution in [-0.2, 0) is 0 Å². The Morgan fingerprint density at radius 3 is 2.93 bits per heavy atom. The van der Waals surface area contributed by atoms with Crippen LogP contribution in [0, 0.1) is 0 Å². The third-order valence-corrected chi connectivity index (χ3v) is 3.13. The summed E-state index contributed by atoms with van der Waals surface area (Å²) in [7, 11) is 0. The largest absolute Gasteiger partial charge is 0.462 e. The fourth-order valence-electron chi connectivity index (χ4n) is 2.28. The number of carbonyl (C=O) groups excluding carboxylic acids is 1. The number of rotatable bonds is 0. The zero-order valence-electron chi connectivity index (χ0n) is 8.32. The van der Waals surface area contributed by atoms with Crippen molar-refractivity contribution in [3.8, 4) is 5.88 Å². The van der Waals surface area contributed by atoms with Gasteiger partial charge in [0.2, 0.25) is 11.7 Å². The van der Waals surface area contributed by atoms with Gasteiger partial charge in [-0.2, -0.15) is 0 Å². The molecule has 0 atom stereocenters. The smallest absolute Gasteiger partial charge is 0.225 e. The van der Waals surface area contributed by atoms with Gasteiger partial charge in [-0.15, -0.1) is 0 Å². The van der Waals surface area contributed by atoms with Gasteiger partial charge in [0.05, 0.1) is 5.56 Å². The second kappa shape index (κ2) is 3.03. The van der Waals surface area contributed by atoms with E-state index in [0.29, 0.717) is 11.4 Å². The lowest BCUT2D eigenvalue weighted by Crippen LogP contribution is -2.49. The first-order valence-corrected chi connectivity index (χ1v) is 5.21. The molecule has 1 fully saturated rings. The molecule has 2 aliphatic rings. The van der Waals surface area contributed by atoms with E-state index in [1.165, 1.54) is 0 Å². The number of ether oxygens (including phenoxy) is 1. The zero-order valence-corrected chi connectivity index (χ0v) is 8.32. The minimum Gasteiger partial charge on any atom is -0.462 e. The molecule has 1 spiro atoms. The fourth-order valence-corrected chi connectivity index (χ4v) is 2.28. The molecule has 15 heavy (non-hydrogen) atoms. The van der Waals surface area contributed by atoms with Crippen molar-refractivity contribution in [1.29, 1.82) is 0 Å². The molecule has 1 saturated heterocycles. The second-order valence-corrected chi connectivity index (χ2v) is 4.03. The van der Waals surface area contributed by atoms with Gasteiger partial charge in [-0.25, -0.2) is 4.98 Å². The third-order valence-electron chi connectivity index (χ3n) is 3.13. The van der Waals surface area contributed by atoms with Gasteiger partial charge in [0.15, 0.2) is 5.60 Å². The Bertz CT molecular complexity index is 411. The van der Waals surface area contributed by atoms with Crippen LogP contribution in [0.15, 0.2) is 18.3 Å². The van der Waals surface area contributed by atoms with Crippen molar-refractivity contribution in [3.63, 3.8) is 0 Å². The molecule has 0 unspecified atom stereocenters. The molecule has 3 heterocycles. The van der Waals surface area contributed by atoms with Gasteiger partial charge < -0.3 is 10.1 Å². The minimum absolute atomic E-state index is 0.104. The number of carbonyl (C=O) groups is 1. The predicted molar refractivity (Wildman–Crippen MR) is 54.0 cm³/mol. The fraction of sp³-hybridized carbons (Fsp3) is 0.455. The maximum Gasteiger partial charge on any atom is 0.225 e. The van der Waals surface area contributed by atoms with E-state index in [4.69, 9.17) is 4.74 Å². The van der Waals surface area contributed by atoms with E-state index in [9.17, 15) is 4.79 Å². The molecule has 4 heteroatoms. The Kier molecular flexibility index (Phi) is 1.79. The lowest BCUT2D eigenvalue weighted by molar-refractivity contribution is 0.0408. The summed E-state index contributed by atoms with van der Waals surface area (Å²) in [6.07, 6.45) is 3.14. The summed E-state index contributed by atoms with van der Waals surface area (Å²) in [6.45, 7) is 1.67. The van der Waals surface area contributed by atoms with E-state index in [-0.39, 0.29) is 5.78 Å². The van der Waals surface area contributed by atoms with Crippen molar-refractivity contribution in [2.24, 2.45) is 0 Å². The van der Waals surface area contributed by atoms with Crippen molar-refractivity contribution in [3.05, 3.63) is 23.9 Å². The number of ketones is 1. The molecule has 1 aromatic heterocycles. The molecule has 1 aromatic rings. The lowest BCUT2D eigenvalue weighted by atomic mass is 9.87. The minimum atomic E-state index is -0.623. The van der Waals surface area contributed by atoms with Crippen molar-refractivity contribution >= 4 is 5.78 Å². The van der Waals surface area contributed by atoms with Gasteiger partial charge >= 0.3 is 0 Å². The quantitative estimate of drug-likeness (QED) is 0.678. The van der Waals surface area contributed by atoms with E-state index >= 15 is 0 Å². The molecule has 0 aliphatic carbocycles. The molecule has 2 aliphatic heterocycles. The van der Waals surface area contributed by atoms with Crippen LogP contribution in [0.5, 0.6) is 5.88 Å². The number of pyridine rings is 1. The molecule has 0 bridgehead atoms. The summed E-state index contributed by atoms with van der Waals surface area (Å²) < 4.78 is 5.75. The van der Waals surface area contributed by atoms with Crippen molar-refractivity contribution in [1.82, 2.24) is 10.3 Å². The van der Waals surface area contributed by atoms with Crippen LogP contribution in [0.1, 0.15) is 23.2 Å². The molecule has 0 amide bonds. The monoisotopic (exact) mass is 204 g/mol.